The summed E-state index contributed by atoms with van der Waals surface area (Å²) in [5.41, 5.74) is 9.47. The van der Waals surface area contributed by atoms with Gasteiger partial charge in [0.15, 0.2) is 11.5 Å². The van der Waals surface area contributed by atoms with Gasteiger partial charge in [-0.3, -0.25) is 0 Å². The molecular formula is C23H37NO4Si. The first kappa shape index (κ1) is 23.5. The highest BCUT2D eigenvalue weighted by atomic mass is 28.3. The van der Waals surface area contributed by atoms with Gasteiger partial charge >= 0.3 is 0 Å². The minimum absolute atomic E-state index is 0.308. The molecule has 5 nitrogen and oxygen atoms in total. The van der Waals surface area contributed by atoms with Crippen molar-refractivity contribution in [3.63, 3.8) is 0 Å². The average Bonchev–Trinajstić information content (AvgIpc) is 2.97. The van der Waals surface area contributed by atoms with Gasteiger partial charge in [0.05, 0.1) is 35.5 Å². The SMILES string of the molecule is C=C(C)/C(=C(\C[C@]1(N)CC[C@H](O)C1)[Si](C)(C)C)c1cc(OC)c(OC)c(OC)c1. The monoisotopic (exact) mass is 419 g/mol. The topological polar surface area (TPSA) is 73.9 Å². The van der Waals surface area contributed by atoms with Gasteiger partial charge in [-0.25, -0.2) is 0 Å². The molecule has 0 heterocycles. The van der Waals surface area contributed by atoms with Gasteiger partial charge in [0.2, 0.25) is 5.75 Å². The number of aliphatic hydroxyl groups excluding tert-OH is 1. The molecule has 0 saturated heterocycles. The van der Waals surface area contributed by atoms with Crippen LogP contribution in [0.4, 0.5) is 0 Å². The Morgan fingerprint density at radius 3 is 2.07 bits per heavy atom. The molecule has 0 unspecified atom stereocenters. The van der Waals surface area contributed by atoms with E-state index in [-0.39, 0.29) is 11.6 Å². The summed E-state index contributed by atoms with van der Waals surface area (Å²) in [5.74, 6) is 1.81. The van der Waals surface area contributed by atoms with E-state index in [0.29, 0.717) is 23.7 Å². The number of benzene rings is 1. The van der Waals surface area contributed by atoms with E-state index < -0.39 is 8.07 Å². The average molecular weight is 420 g/mol. The Kier molecular flexibility index (Phi) is 7.25. The molecular weight excluding hydrogens is 382 g/mol. The van der Waals surface area contributed by atoms with Crippen LogP contribution in [-0.4, -0.2) is 46.2 Å². The van der Waals surface area contributed by atoms with E-state index in [9.17, 15) is 5.11 Å². The lowest BCUT2D eigenvalue weighted by Gasteiger charge is -2.33. The lowest BCUT2D eigenvalue weighted by atomic mass is 9.89. The number of allylic oxidation sites excluding steroid dienone is 2. The third kappa shape index (κ3) is 5.24. The maximum atomic E-state index is 10.1. The third-order valence-corrected chi connectivity index (χ3v) is 7.97. The summed E-state index contributed by atoms with van der Waals surface area (Å²) in [6.07, 6.45) is 2.69. The van der Waals surface area contributed by atoms with Gasteiger partial charge in [-0.05, 0) is 55.9 Å². The first-order valence-corrected chi connectivity index (χ1v) is 13.6. The predicted octanol–water partition coefficient (Wildman–Crippen LogP) is 4.55. The molecule has 1 aliphatic carbocycles. The van der Waals surface area contributed by atoms with Crippen molar-refractivity contribution < 1.29 is 19.3 Å². The van der Waals surface area contributed by atoms with E-state index in [1.54, 1.807) is 21.3 Å². The molecule has 0 amide bonds. The molecule has 162 valence electrons. The predicted molar refractivity (Wildman–Crippen MR) is 123 cm³/mol. The summed E-state index contributed by atoms with van der Waals surface area (Å²) in [6.45, 7) is 13.3. The van der Waals surface area contributed by atoms with Crippen molar-refractivity contribution in [1.29, 1.82) is 0 Å². The molecule has 2 atom stereocenters. The van der Waals surface area contributed by atoms with Crippen LogP contribution in [0.3, 0.4) is 0 Å². The van der Waals surface area contributed by atoms with Crippen LogP contribution in [0, 0.1) is 0 Å². The fourth-order valence-electron chi connectivity index (χ4n) is 4.27. The maximum absolute atomic E-state index is 10.1. The lowest BCUT2D eigenvalue weighted by Crippen LogP contribution is -2.41. The molecule has 1 saturated carbocycles. The Morgan fingerprint density at radius 1 is 1.17 bits per heavy atom. The van der Waals surface area contributed by atoms with Crippen LogP contribution in [0.15, 0.2) is 29.5 Å². The summed E-state index contributed by atoms with van der Waals surface area (Å²) >= 11 is 0. The molecule has 3 N–H and O–H groups in total. The van der Waals surface area contributed by atoms with E-state index in [1.807, 2.05) is 19.1 Å². The van der Waals surface area contributed by atoms with Crippen molar-refractivity contribution in [2.24, 2.45) is 5.73 Å². The zero-order valence-corrected chi connectivity index (χ0v) is 20.0. The number of hydrogen-bond acceptors (Lipinski definition) is 5. The van der Waals surface area contributed by atoms with Crippen LogP contribution in [0.5, 0.6) is 17.2 Å². The zero-order chi connectivity index (χ0) is 22.0. The highest BCUT2D eigenvalue weighted by molar-refractivity contribution is 6.84. The highest BCUT2D eigenvalue weighted by Crippen LogP contribution is 2.44. The van der Waals surface area contributed by atoms with Crippen LogP contribution < -0.4 is 19.9 Å². The zero-order valence-electron chi connectivity index (χ0n) is 19.0. The molecule has 6 heteroatoms. The molecule has 0 bridgehead atoms. The van der Waals surface area contributed by atoms with E-state index in [4.69, 9.17) is 19.9 Å². The minimum atomic E-state index is -1.76. The normalized spacial score (nSPS) is 22.9. The number of ether oxygens (including phenoxy) is 3. The number of nitrogens with two attached hydrogens (primary N) is 1. The highest BCUT2D eigenvalue weighted by Gasteiger charge is 2.39. The van der Waals surface area contributed by atoms with Crippen molar-refractivity contribution in [3.8, 4) is 17.2 Å². The van der Waals surface area contributed by atoms with Gasteiger partial charge in [0.1, 0.15) is 0 Å². The van der Waals surface area contributed by atoms with Gasteiger partial charge in [-0.1, -0.05) is 37.0 Å². The van der Waals surface area contributed by atoms with Crippen molar-refractivity contribution in [1.82, 2.24) is 0 Å². The van der Waals surface area contributed by atoms with Crippen LogP contribution in [0.25, 0.3) is 5.57 Å². The molecule has 0 radical (unpaired) electrons. The van der Waals surface area contributed by atoms with Gasteiger partial charge in [-0.2, -0.15) is 0 Å². The molecule has 0 aliphatic heterocycles. The molecule has 0 aromatic heterocycles. The van der Waals surface area contributed by atoms with E-state index in [1.165, 1.54) is 5.20 Å². The third-order valence-electron chi connectivity index (χ3n) is 5.73. The minimum Gasteiger partial charge on any atom is -0.493 e. The summed E-state index contributed by atoms with van der Waals surface area (Å²) in [6, 6.07) is 3.97. The fourth-order valence-corrected chi connectivity index (χ4v) is 6.26. The first-order valence-electron chi connectivity index (χ1n) is 10.1. The number of methoxy groups -OCH3 is 3. The molecule has 1 aromatic rings. The maximum Gasteiger partial charge on any atom is 0.203 e. The van der Waals surface area contributed by atoms with E-state index in [0.717, 1.165) is 36.0 Å². The summed E-state index contributed by atoms with van der Waals surface area (Å²) < 4.78 is 16.6. The Labute approximate surface area is 176 Å². The molecule has 1 aromatic carbocycles. The standard InChI is InChI=1S/C23H37NO4Si/c1-15(2)21(16-11-18(26-3)22(28-5)19(12-16)27-4)20(29(6,7)8)14-23(24)10-9-17(25)13-23/h11-12,17,25H,1,9-10,13-14,24H2,2-8H3/b21-20-/t17-,23-/m0/s1. The largest absolute Gasteiger partial charge is 0.493 e. The first-order chi connectivity index (χ1) is 13.5. The molecule has 29 heavy (non-hydrogen) atoms. The van der Waals surface area contributed by atoms with Gasteiger partial charge in [-0.15, -0.1) is 0 Å². The van der Waals surface area contributed by atoms with Crippen LogP contribution in [0.2, 0.25) is 19.6 Å². The quantitative estimate of drug-likeness (QED) is 0.477. The van der Waals surface area contributed by atoms with Crippen LogP contribution >= 0.6 is 0 Å². The van der Waals surface area contributed by atoms with Crippen molar-refractivity contribution in [2.45, 2.75) is 63.9 Å². The second-order valence-corrected chi connectivity index (χ2v) is 14.3. The van der Waals surface area contributed by atoms with E-state index in [2.05, 4.69) is 26.2 Å². The number of rotatable bonds is 8. The number of hydrogen-bond donors (Lipinski definition) is 2. The Hall–Kier alpha value is -1.76. The van der Waals surface area contributed by atoms with Crippen molar-refractivity contribution in [2.75, 3.05) is 21.3 Å². The Morgan fingerprint density at radius 2 is 1.72 bits per heavy atom. The fraction of sp³-hybridized carbons (Fsp3) is 0.565. The second kappa shape index (κ2) is 8.94. The van der Waals surface area contributed by atoms with Crippen LogP contribution in [-0.2, 0) is 0 Å². The van der Waals surface area contributed by atoms with Gasteiger partial charge < -0.3 is 25.1 Å². The van der Waals surface area contributed by atoms with Gasteiger partial charge in [0.25, 0.3) is 0 Å². The van der Waals surface area contributed by atoms with E-state index >= 15 is 0 Å². The molecule has 2 rings (SSSR count). The summed E-state index contributed by atoms with van der Waals surface area (Å²) in [7, 11) is 3.09. The van der Waals surface area contributed by atoms with Crippen molar-refractivity contribution in [3.05, 3.63) is 35.0 Å². The van der Waals surface area contributed by atoms with Crippen molar-refractivity contribution >= 4 is 13.6 Å². The number of aliphatic hydroxyl groups is 1. The molecule has 1 aliphatic rings. The molecule has 1 fully saturated rings. The lowest BCUT2D eigenvalue weighted by molar-refractivity contribution is 0.174. The summed E-state index contributed by atoms with van der Waals surface area (Å²) in [5, 5.41) is 11.4. The smallest absolute Gasteiger partial charge is 0.203 e. The summed E-state index contributed by atoms with van der Waals surface area (Å²) in [4.78, 5) is 0. The molecule has 0 spiro atoms. The Balaban J connectivity index is 2.72. The second-order valence-electron chi connectivity index (χ2n) is 9.23. The Bertz CT molecular complexity index is 772. The van der Waals surface area contributed by atoms with Crippen LogP contribution in [0.1, 0.15) is 38.2 Å². The van der Waals surface area contributed by atoms with Gasteiger partial charge in [0, 0.05) is 5.54 Å².